The second kappa shape index (κ2) is 6.49. The van der Waals surface area contributed by atoms with E-state index >= 15 is 0 Å². The van der Waals surface area contributed by atoms with Crippen molar-refractivity contribution in [1.29, 1.82) is 0 Å². The molecule has 2 rings (SSSR count). The number of rotatable bonds is 4. The van der Waals surface area contributed by atoms with Gasteiger partial charge in [0.15, 0.2) is 0 Å². The van der Waals surface area contributed by atoms with Crippen LogP contribution in [0.5, 0.6) is 0 Å². The number of benzene rings is 1. The van der Waals surface area contributed by atoms with E-state index in [2.05, 4.69) is 20.8 Å². The van der Waals surface area contributed by atoms with Crippen molar-refractivity contribution in [2.24, 2.45) is 0 Å². The highest BCUT2D eigenvalue weighted by molar-refractivity contribution is 7.13. The van der Waals surface area contributed by atoms with Crippen molar-refractivity contribution < 1.29 is 4.79 Å². The number of urea groups is 1. The molecule has 2 N–H and O–H groups in total. The van der Waals surface area contributed by atoms with Gasteiger partial charge in [-0.15, -0.1) is 10.2 Å². The number of hydrogen-bond donors (Lipinski definition) is 2. The highest BCUT2D eigenvalue weighted by Crippen LogP contribution is 2.16. The third-order valence-electron chi connectivity index (χ3n) is 2.44. The Labute approximate surface area is 120 Å². The Morgan fingerprint density at radius 3 is 2.95 bits per heavy atom. The fraction of sp³-hybridized carbons (Fsp3) is 0.250. The molecular weight excluding hydrogens is 284 g/mol. The quantitative estimate of drug-likeness (QED) is 0.911. The second-order valence-corrected chi connectivity index (χ2v) is 5.28. The molecule has 0 aliphatic rings. The number of anilines is 1. The van der Waals surface area contributed by atoms with Crippen LogP contribution in [0.15, 0.2) is 29.8 Å². The molecule has 19 heavy (non-hydrogen) atoms. The largest absolute Gasteiger partial charge is 0.335 e. The summed E-state index contributed by atoms with van der Waals surface area (Å²) in [5, 5.41) is 14.0. The Morgan fingerprint density at radius 1 is 1.47 bits per heavy atom. The molecule has 0 radical (unpaired) electrons. The molecule has 0 saturated heterocycles. The van der Waals surface area contributed by atoms with Crippen molar-refractivity contribution >= 4 is 34.1 Å². The number of carbonyl (C=O) groups is 1. The Bertz CT molecular complexity index is 546. The molecule has 1 aromatic carbocycles. The van der Waals surface area contributed by atoms with E-state index < -0.39 is 0 Å². The van der Waals surface area contributed by atoms with Crippen LogP contribution in [0.4, 0.5) is 9.93 Å². The lowest BCUT2D eigenvalue weighted by Gasteiger charge is -2.14. The van der Waals surface area contributed by atoms with Crippen molar-refractivity contribution in [3.8, 4) is 0 Å². The smallest absolute Gasteiger partial charge is 0.321 e. The van der Waals surface area contributed by atoms with Crippen molar-refractivity contribution in [3.63, 3.8) is 0 Å². The van der Waals surface area contributed by atoms with Crippen LogP contribution < -0.4 is 10.6 Å². The van der Waals surface area contributed by atoms with E-state index in [9.17, 15) is 4.79 Å². The average molecular weight is 297 g/mol. The van der Waals surface area contributed by atoms with Crippen molar-refractivity contribution in [2.75, 3.05) is 5.32 Å². The number of carbonyl (C=O) groups excluding carboxylic acids is 1. The van der Waals surface area contributed by atoms with Gasteiger partial charge in [0.25, 0.3) is 0 Å². The van der Waals surface area contributed by atoms with Gasteiger partial charge in [0.2, 0.25) is 5.13 Å². The molecule has 1 unspecified atom stereocenters. The lowest BCUT2D eigenvalue weighted by Crippen LogP contribution is -2.37. The monoisotopic (exact) mass is 296 g/mol. The van der Waals surface area contributed by atoms with E-state index in [0.29, 0.717) is 16.6 Å². The zero-order valence-corrected chi connectivity index (χ0v) is 11.8. The van der Waals surface area contributed by atoms with Gasteiger partial charge >= 0.3 is 6.03 Å². The molecule has 0 spiro atoms. The van der Waals surface area contributed by atoms with Crippen molar-refractivity contribution in [1.82, 2.24) is 15.5 Å². The SMILES string of the molecule is CC(Cc1ccccc1Cl)NC(=O)Nc1nncs1. The fourth-order valence-electron chi connectivity index (χ4n) is 1.63. The molecule has 5 nitrogen and oxygen atoms in total. The lowest BCUT2D eigenvalue weighted by atomic mass is 10.1. The minimum absolute atomic E-state index is 0.0344. The topological polar surface area (TPSA) is 66.9 Å². The number of nitrogens with one attached hydrogen (secondary N) is 2. The highest BCUT2D eigenvalue weighted by atomic mass is 35.5. The van der Waals surface area contributed by atoms with Crippen LogP contribution in [0.1, 0.15) is 12.5 Å². The average Bonchev–Trinajstić information content (AvgIpc) is 2.84. The van der Waals surface area contributed by atoms with Gasteiger partial charge in [-0.05, 0) is 25.0 Å². The molecular formula is C12H13ClN4OS. The lowest BCUT2D eigenvalue weighted by molar-refractivity contribution is 0.249. The molecule has 0 fully saturated rings. The summed E-state index contributed by atoms with van der Waals surface area (Å²) in [6, 6.07) is 7.26. The van der Waals surface area contributed by atoms with Gasteiger partial charge in [-0.1, -0.05) is 41.1 Å². The molecule has 1 aromatic heterocycles. The summed E-state index contributed by atoms with van der Waals surface area (Å²) in [4.78, 5) is 11.7. The van der Waals surface area contributed by atoms with Crippen LogP contribution >= 0.6 is 22.9 Å². The Balaban J connectivity index is 1.86. The summed E-state index contributed by atoms with van der Waals surface area (Å²) in [5.41, 5.74) is 2.57. The van der Waals surface area contributed by atoms with Crippen molar-refractivity contribution in [2.45, 2.75) is 19.4 Å². The molecule has 7 heteroatoms. The van der Waals surface area contributed by atoms with Gasteiger partial charge in [-0.25, -0.2) is 4.79 Å². The van der Waals surface area contributed by atoms with E-state index in [-0.39, 0.29) is 12.1 Å². The van der Waals surface area contributed by atoms with Crippen molar-refractivity contribution in [3.05, 3.63) is 40.4 Å². The number of aromatic nitrogens is 2. The Morgan fingerprint density at radius 2 is 2.26 bits per heavy atom. The van der Waals surface area contributed by atoms with Crippen LogP contribution in [0.3, 0.4) is 0 Å². The minimum Gasteiger partial charge on any atom is -0.335 e. The highest BCUT2D eigenvalue weighted by Gasteiger charge is 2.10. The maximum absolute atomic E-state index is 11.7. The van der Waals surface area contributed by atoms with E-state index in [1.165, 1.54) is 11.3 Å². The normalized spacial score (nSPS) is 11.9. The Kier molecular flexibility index (Phi) is 4.70. The Hall–Kier alpha value is -1.66. The molecule has 2 amide bonds. The number of nitrogens with zero attached hydrogens (tertiary/aromatic N) is 2. The molecule has 1 heterocycles. The molecule has 2 aromatic rings. The zero-order chi connectivity index (χ0) is 13.7. The van der Waals surface area contributed by atoms with Crippen LogP contribution in [-0.2, 0) is 6.42 Å². The second-order valence-electron chi connectivity index (χ2n) is 4.04. The number of halogens is 1. The summed E-state index contributed by atoms with van der Waals surface area (Å²) in [7, 11) is 0. The number of hydrogen-bond acceptors (Lipinski definition) is 4. The van der Waals surface area contributed by atoms with Gasteiger partial charge in [0, 0.05) is 11.1 Å². The molecule has 0 aliphatic heterocycles. The van der Waals surface area contributed by atoms with Gasteiger partial charge < -0.3 is 5.32 Å². The molecule has 0 aliphatic carbocycles. The van der Waals surface area contributed by atoms with Crippen LogP contribution in [0, 0.1) is 0 Å². The molecule has 0 bridgehead atoms. The predicted octanol–water partition coefficient (Wildman–Crippen LogP) is 2.94. The number of amides is 2. The summed E-state index contributed by atoms with van der Waals surface area (Å²) in [6.07, 6.45) is 0.670. The first-order chi connectivity index (χ1) is 9.15. The van der Waals surface area contributed by atoms with Crippen LogP contribution in [0.25, 0.3) is 0 Å². The van der Waals surface area contributed by atoms with Gasteiger partial charge in [-0.3, -0.25) is 5.32 Å². The van der Waals surface area contributed by atoms with E-state index in [1.807, 2.05) is 31.2 Å². The minimum atomic E-state index is -0.295. The summed E-state index contributed by atoms with van der Waals surface area (Å²) < 4.78 is 0. The van der Waals surface area contributed by atoms with E-state index in [1.54, 1.807) is 5.51 Å². The summed E-state index contributed by atoms with van der Waals surface area (Å²) in [6.45, 7) is 1.92. The summed E-state index contributed by atoms with van der Waals surface area (Å²) >= 11 is 7.34. The van der Waals surface area contributed by atoms with E-state index in [0.717, 1.165) is 5.56 Å². The zero-order valence-electron chi connectivity index (χ0n) is 10.3. The maximum Gasteiger partial charge on any atom is 0.321 e. The fourth-order valence-corrected chi connectivity index (χ4v) is 2.28. The third kappa shape index (κ3) is 4.18. The van der Waals surface area contributed by atoms with Gasteiger partial charge in [0.1, 0.15) is 5.51 Å². The first-order valence-electron chi connectivity index (χ1n) is 5.72. The summed E-state index contributed by atoms with van der Waals surface area (Å²) in [5.74, 6) is 0. The molecule has 100 valence electrons. The molecule has 1 atom stereocenters. The van der Waals surface area contributed by atoms with Crippen LogP contribution in [-0.4, -0.2) is 22.3 Å². The first-order valence-corrected chi connectivity index (χ1v) is 6.98. The third-order valence-corrected chi connectivity index (χ3v) is 3.42. The predicted molar refractivity (Wildman–Crippen MR) is 76.7 cm³/mol. The standard InChI is InChI=1S/C12H13ClN4OS/c1-8(6-9-4-2-3-5-10(9)13)15-11(18)16-12-17-14-7-19-12/h2-5,7-8H,6H2,1H3,(H2,15,16,17,18). The maximum atomic E-state index is 11.7. The van der Waals surface area contributed by atoms with E-state index in [4.69, 9.17) is 11.6 Å². The van der Waals surface area contributed by atoms with Gasteiger partial charge in [0.05, 0.1) is 0 Å². The molecule has 0 saturated carbocycles. The van der Waals surface area contributed by atoms with Gasteiger partial charge in [-0.2, -0.15) is 0 Å². The first kappa shape index (κ1) is 13.8. The van der Waals surface area contributed by atoms with Crippen LogP contribution in [0.2, 0.25) is 5.02 Å².